The van der Waals surface area contributed by atoms with Gasteiger partial charge in [-0.1, -0.05) is 36.4 Å². The second-order valence-corrected chi connectivity index (χ2v) is 9.25. The van der Waals surface area contributed by atoms with Gasteiger partial charge in [0.1, 0.15) is 5.75 Å². The monoisotopic (exact) mass is 471 g/mol. The molecular formula is C27H25N3O3S. The maximum atomic E-state index is 13.6. The predicted octanol–water partition coefficient (Wildman–Crippen LogP) is 5.46. The number of likely N-dealkylation sites (tertiary alicyclic amines) is 1. The van der Waals surface area contributed by atoms with Gasteiger partial charge in [0.15, 0.2) is 0 Å². The Kier molecular flexibility index (Phi) is 6.27. The number of aromatic nitrogens is 1. The van der Waals surface area contributed by atoms with Crippen LogP contribution in [0.3, 0.4) is 0 Å². The van der Waals surface area contributed by atoms with Gasteiger partial charge in [-0.2, -0.15) is 0 Å². The minimum atomic E-state index is -0.148. The molecule has 172 valence electrons. The van der Waals surface area contributed by atoms with Gasteiger partial charge in [-0.15, -0.1) is 11.3 Å². The third kappa shape index (κ3) is 4.39. The molecule has 1 aliphatic rings. The fraction of sp³-hybridized carbons (Fsp3) is 0.222. The fourth-order valence-corrected chi connectivity index (χ4v) is 5.09. The maximum absolute atomic E-state index is 13.6. The molecule has 4 aromatic rings. The van der Waals surface area contributed by atoms with E-state index in [1.165, 1.54) is 0 Å². The molecule has 2 aromatic heterocycles. The number of carbonyl (C=O) groups is 2. The largest absolute Gasteiger partial charge is 0.495 e. The maximum Gasteiger partial charge on any atom is 0.254 e. The molecule has 1 N–H and O–H groups in total. The van der Waals surface area contributed by atoms with Gasteiger partial charge in [0, 0.05) is 24.4 Å². The van der Waals surface area contributed by atoms with Crippen molar-refractivity contribution in [2.75, 3.05) is 25.5 Å². The number of carbonyl (C=O) groups excluding carboxylic acids is 2. The second kappa shape index (κ2) is 9.65. The van der Waals surface area contributed by atoms with E-state index in [-0.39, 0.29) is 17.7 Å². The highest BCUT2D eigenvalue weighted by Gasteiger charge is 2.29. The number of rotatable bonds is 5. The van der Waals surface area contributed by atoms with Gasteiger partial charge in [-0.3, -0.25) is 9.59 Å². The van der Waals surface area contributed by atoms with Crippen molar-refractivity contribution >= 4 is 39.7 Å². The Labute approximate surface area is 202 Å². The molecule has 0 atom stereocenters. The van der Waals surface area contributed by atoms with E-state index in [2.05, 4.69) is 5.32 Å². The zero-order valence-electron chi connectivity index (χ0n) is 18.9. The van der Waals surface area contributed by atoms with Gasteiger partial charge in [0.25, 0.3) is 5.91 Å². The summed E-state index contributed by atoms with van der Waals surface area (Å²) in [5.74, 6) is 0.435. The Morgan fingerprint density at radius 1 is 1.03 bits per heavy atom. The quantitative estimate of drug-likeness (QED) is 0.419. The summed E-state index contributed by atoms with van der Waals surface area (Å²) in [6.07, 6.45) is 1.24. The molecule has 1 fully saturated rings. The van der Waals surface area contributed by atoms with Crippen LogP contribution >= 0.6 is 11.3 Å². The molecule has 6 nitrogen and oxygen atoms in total. The number of ether oxygens (including phenoxy) is 1. The second-order valence-electron chi connectivity index (χ2n) is 8.31. The number of para-hydroxylation sites is 3. The van der Waals surface area contributed by atoms with E-state index < -0.39 is 0 Å². The SMILES string of the molecule is COc1ccccc1NC(=O)C1CCN(C(=O)c2cc(-c3cccs3)nc3ccccc23)CC1. The van der Waals surface area contributed by atoms with Crippen LogP contribution in [0, 0.1) is 5.92 Å². The van der Waals surface area contributed by atoms with Crippen molar-refractivity contribution < 1.29 is 14.3 Å². The molecule has 2 aromatic carbocycles. The normalized spacial score (nSPS) is 14.2. The number of pyridine rings is 1. The molecule has 0 unspecified atom stereocenters. The number of anilines is 1. The van der Waals surface area contributed by atoms with Crippen molar-refractivity contribution in [3.63, 3.8) is 0 Å². The van der Waals surface area contributed by atoms with Crippen LogP contribution in [0.1, 0.15) is 23.2 Å². The standard InChI is InChI=1S/C27H25N3O3S/c1-33-24-10-5-4-9-22(24)29-26(31)18-12-14-30(15-13-18)27(32)20-17-23(25-11-6-16-34-25)28-21-8-3-2-7-19(20)21/h2-11,16-18H,12-15H2,1H3,(H,29,31). The lowest BCUT2D eigenvalue weighted by molar-refractivity contribution is -0.121. The summed E-state index contributed by atoms with van der Waals surface area (Å²) in [6.45, 7) is 1.07. The first kappa shape index (κ1) is 22.1. The number of nitrogens with zero attached hydrogens (tertiary/aromatic N) is 2. The third-order valence-electron chi connectivity index (χ3n) is 6.24. The highest BCUT2D eigenvalue weighted by atomic mass is 32.1. The Morgan fingerprint density at radius 3 is 2.56 bits per heavy atom. The topological polar surface area (TPSA) is 71.5 Å². The summed E-state index contributed by atoms with van der Waals surface area (Å²) in [5.41, 5.74) is 2.94. The van der Waals surface area contributed by atoms with Crippen molar-refractivity contribution in [2.45, 2.75) is 12.8 Å². The lowest BCUT2D eigenvalue weighted by atomic mass is 9.95. The Morgan fingerprint density at radius 2 is 1.79 bits per heavy atom. The summed E-state index contributed by atoms with van der Waals surface area (Å²) in [4.78, 5) is 34.1. The highest BCUT2D eigenvalue weighted by Crippen LogP contribution is 2.30. The van der Waals surface area contributed by atoms with Crippen LogP contribution in [0.25, 0.3) is 21.5 Å². The molecule has 5 rings (SSSR count). The van der Waals surface area contributed by atoms with Crippen LogP contribution in [0.15, 0.2) is 72.1 Å². The van der Waals surface area contributed by atoms with Crippen LogP contribution < -0.4 is 10.1 Å². The first-order valence-corrected chi connectivity index (χ1v) is 12.2. The van der Waals surface area contributed by atoms with E-state index in [0.717, 1.165) is 21.5 Å². The molecule has 7 heteroatoms. The number of nitrogens with one attached hydrogen (secondary N) is 1. The van der Waals surface area contributed by atoms with Gasteiger partial charge in [0.05, 0.1) is 34.4 Å². The minimum absolute atomic E-state index is 0.0139. The fourth-order valence-electron chi connectivity index (χ4n) is 4.40. The summed E-state index contributed by atoms with van der Waals surface area (Å²) in [5, 5.41) is 5.84. The van der Waals surface area contributed by atoms with Gasteiger partial charge in [-0.05, 0) is 48.6 Å². The molecule has 0 spiro atoms. The first-order chi connectivity index (χ1) is 16.6. The molecular weight excluding hydrogens is 446 g/mol. The van der Waals surface area contributed by atoms with E-state index in [0.29, 0.717) is 42.9 Å². The number of methoxy groups -OCH3 is 1. The Hall–Kier alpha value is -3.71. The zero-order valence-corrected chi connectivity index (χ0v) is 19.7. The van der Waals surface area contributed by atoms with E-state index in [9.17, 15) is 9.59 Å². The van der Waals surface area contributed by atoms with E-state index in [1.807, 2.05) is 77.0 Å². The van der Waals surface area contributed by atoms with Gasteiger partial charge in [-0.25, -0.2) is 4.98 Å². The van der Waals surface area contributed by atoms with Gasteiger partial charge in [0.2, 0.25) is 5.91 Å². The lowest BCUT2D eigenvalue weighted by Crippen LogP contribution is -2.41. The van der Waals surface area contributed by atoms with Crippen molar-refractivity contribution in [3.05, 3.63) is 77.7 Å². The number of hydrogen-bond donors (Lipinski definition) is 1. The van der Waals surface area contributed by atoms with E-state index in [4.69, 9.17) is 9.72 Å². The molecule has 0 saturated carbocycles. The van der Waals surface area contributed by atoms with Crippen LogP contribution in [0.2, 0.25) is 0 Å². The van der Waals surface area contributed by atoms with Crippen LogP contribution in [0.4, 0.5) is 5.69 Å². The molecule has 1 saturated heterocycles. The third-order valence-corrected chi connectivity index (χ3v) is 7.13. The minimum Gasteiger partial charge on any atom is -0.495 e. The van der Waals surface area contributed by atoms with E-state index >= 15 is 0 Å². The smallest absolute Gasteiger partial charge is 0.254 e. The summed E-state index contributed by atoms with van der Waals surface area (Å²) in [6, 6.07) is 21.0. The average Bonchev–Trinajstić information content (AvgIpc) is 3.43. The first-order valence-electron chi connectivity index (χ1n) is 11.3. The number of piperidine rings is 1. The molecule has 0 radical (unpaired) electrons. The van der Waals surface area contributed by atoms with Crippen molar-refractivity contribution in [1.82, 2.24) is 9.88 Å². The van der Waals surface area contributed by atoms with E-state index in [1.54, 1.807) is 18.4 Å². The summed E-state index contributed by atoms with van der Waals surface area (Å²) >= 11 is 1.61. The number of fused-ring (bicyclic) bond motifs is 1. The number of hydrogen-bond acceptors (Lipinski definition) is 5. The van der Waals surface area contributed by atoms with Gasteiger partial charge < -0.3 is 15.0 Å². The van der Waals surface area contributed by atoms with Crippen LogP contribution in [-0.4, -0.2) is 41.9 Å². The van der Waals surface area contributed by atoms with Crippen molar-refractivity contribution in [1.29, 1.82) is 0 Å². The number of benzene rings is 2. The predicted molar refractivity (Wildman–Crippen MR) is 135 cm³/mol. The van der Waals surface area contributed by atoms with Crippen molar-refractivity contribution in [2.24, 2.45) is 5.92 Å². The molecule has 1 aliphatic heterocycles. The van der Waals surface area contributed by atoms with Crippen molar-refractivity contribution in [3.8, 4) is 16.3 Å². The molecule has 3 heterocycles. The molecule has 0 bridgehead atoms. The Balaban J connectivity index is 1.32. The Bertz CT molecular complexity index is 1330. The summed E-state index contributed by atoms with van der Waals surface area (Å²) < 4.78 is 5.33. The highest BCUT2D eigenvalue weighted by molar-refractivity contribution is 7.13. The summed E-state index contributed by atoms with van der Waals surface area (Å²) in [7, 11) is 1.59. The van der Waals surface area contributed by atoms with Crippen LogP contribution in [0.5, 0.6) is 5.75 Å². The number of amides is 2. The molecule has 2 amide bonds. The zero-order chi connectivity index (χ0) is 23.5. The molecule has 0 aliphatic carbocycles. The van der Waals surface area contributed by atoms with Gasteiger partial charge >= 0.3 is 0 Å². The molecule has 34 heavy (non-hydrogen) atoms. The lowest BCUT2D eigenvalue weighted by Gasteiger charge is -2.31. The number of thiophene rings is 1. The average molecular weight is 472 g/mol. The van der Waals surface area contributed by atoms with Crippen LogP contribution in [-0.2, 0) is 4.79 Å².